The average Bonchev–Trinajstić information content (AvgIpc) is 3.26. The fraction of sp³-hybridized carbons (Fsp3) is 0.545. The van der Waals surface area contributed by atoms with Gasteiger partial charge in [0.15, 0.2) is 5.96 Å². The lowest BCUT2D eigenvalue weighted by molar-refractivity contribution is 0.169. The summed E-state index contributed by atoms with van der Waals surface area (Å²) in [6, 6.07) is 10.2. The summed E-state index contributed by atoms with van der Waals surface area (Å²) in [7, 11) is 6.00. The molecule has 0 radical (unpaired) electrons. The first kappa shape index (κ1) is 25.4. The normalized spacial score (nSPS) is 15.1. The van der Waals surface area contributed by atoms with Crippen molar-refractivity contribution in [2.75, 3.05) is 60.5 Å². The third-order valence-electron chi connectivity index (χ3n) is 5.15. The van der Waals surface area contributed by atoms with E-state index in [0.717, 1.165) is 76.2 Å². The average molecular weight is 542 g/mol. The summed E-state index contributed by atoms with van der Waals surface area (Å²) in [5.41, 5.74) is 2.19. The van der Waals surface area contributed by atoms with Crippen LogP contribution in [0.4, 0.5) is 0 Å². The molecule has 2 aromatic rings. The molecular weight excluding hydrogens is 507 g/mol. The maximum atomic E-state index is 5.81. The van der Waals surface area contributed by atoms with E-state index in [2.05, 4.69) is 56.4 Å². The van der Waals surface area contributed by atoms with Crippen molar-refractivity contribution in [3.8, 4) is 5.75 Å². The number of halogens is 1. The first-order chi connectivity index (χ1) is 14.6. The fourth-order valence-electron chi connectivity index (χ4n) is 3.45. The molecule has 8 nitrogen and oxygen atoms in total. The number of nitrogens with one attached hydrogen (secondary N) is 1. The number of rotatable bonds is 9. The van der Waals surface area contributed by atoms with Crippen LogP contribution in [0.3, 0.4) is 0 Å². The van der Waals surface area contributed by atoms with Crippen LogP contribution in [-0.2, 0) is 13.1 Å². The molecule has 2 heterocycles. The van der Waals surface area contributed by atoms with Gasteiger partial charge in [-0.2, -0.15) is 0 Å². The van der Waals surface area contributed by atoms with Crippen molar-refractivity contribution in [1.29, 1.82) is 0 Å². The van der Waals surface area contributed by atoms with Crippen molar-refractivity contribution in [3.05, 3.63) is 47.9 Å². The zero-order valence-corrected chi connectivity index (χ0v) is 21.1. The minimum Gasteiger partial charge on any atom is -0.494 e. The first-order valence-electron chi connectivity index (χ1n) is 10.6. The van der Waals surface area contributed by atoms with Gasteiger partial charge in [-0.1, -0.05) is 17.3 Å². The van der Waals surface area contributed by atoms with Gasteiger partial charge in [0.1, 0.15) is 12.0 Å². The van der Waals surface area contributed by atoms with E-state index in [4.69, 9.17) is 9.26 Å². The van der Waals surface area contributed by atoms with Crippen molar-refractivity contribution in [2.45, 2.75) is 19.5 Å². The monoisotopic (exact) mass is 542 g/mol. The number of benzene rings is 1. The molecule has 1 saturated heterocycles. The maximum absolute atomic E-state index is 5.81. The van der Waals surface area contributed by atoms with Gasteiger partial charge in [-0.15, -0.1) is 24.0 Å². The van der Waals surface area contributed by atoms with Crippen LogP contribution in [-0.4, -0.2) is 86.3 Å². The Bertz CT molecular complexity index is 759. The second-order valence-corrected chi connectivity index (χ2v) is 7.80. The molecule has 0 aliphatic carbocycles. The molecule has 0 spiro atoms. The Labute approximate surface area is 202 Å². The van der Waals surface area contributed by atoms with Crippen LogP contribution in [0, 0.1) is 0 Å². The number of ether oxygens (including phenoxy) is 1. The van der Waals surface area contributed by atoms with Crippen LogP contribution in [0.2, 0.25) is 0 Å². The zero-order valence-electron chi connectivity index (χ0n) is 18.8. The Hall–Kier alpha value is -1.85. The van der Waals surface area contributed by atoms with Crippen molar-refractivity contribution in [3.63, 3.8) is 0 Å². The number of aliphatic imine (C=N–C) groups is 1. The molecule has 9 heteroatoms. The molecular formula is C22H35IN6O2. The number of piperazine rings is 1. The molecule has 0 bridgehead atoms. The summed E-state index contributed by atoms with van der Waals surface area (Å²) in [4.78, 5) is 11.3. The van der Waals surface area contributed by atoms with Crippen molar-refractivity contribution >= 4 is 29.9 Å². The van der Waals surface area contributed by atoms with Gasteiger partial charge < -0.3 is 24.4 Å². The lowest BCUT2D eigenvalue weighted by Crippen LogP contribution is -2.52. The Kier molecular flexibility index (Phi) is 11.1. The molecule has 1 aliphatic rings. The Morgan fingerprint density at radius 3 is 2.52 bits per heavy atom. The summed E-state index contributed by atoms with van der Waals surface area (Å²) >= 11 is 0. The van der Waals surface area contributed by atoms with Gasteiger partial charge in [0.05, 0.1) is 12.3 Å². The number of nitrogens with zero attached hydrogens (tertiary/aromatic N) is 5. The molecule has 0 atom stereocenters. The van der Waals surface area contributed by atoms with Gasteiger partial charge in [-0.25, -0.2) is 0 Å². The summed E-state index contributed by atoms with van der Waals surface area (Å²) < 4.78 is 10.7. The number of hydrogen-bond acceptors (Lipinski definition) is 6. The van der Waals surface area contributed by atoms with Gasteiger partial charge in [-0.05, 0) is 38.2 Å². The molecule has 31 heavy (non-hydrogen) atoms. The van der Waals surface area contributed by atoms with Gasteiger partial charge in [-0.3, -0.25) is 9.89 Å². The second-order valence-electron chi connectivity index (χ2n) is 7.80. The van der Waals surface area contributed by atoms with Crippen molar-refractivity contribution in [1.82, 2.24) is 25.2 Å². The highest BCUT2D eigenvalue weighted by atomic mass is 127. The Morgan fingerprint density at radius 1 is 1.16 bits per heavy atom. The highest BCUT2D eigenvalue weighted by Crippen LogP contribution is 2.13. The Morgan fingerprint density at radius 2 is 1.90 bits per heavy atom. The van der Waals surface area contributed by atoms with Crippen molar-refractivity contribution in [2.24, 2.45) is 4.99 Å². The second kappa shape index (κ2) is 13.5. The zero-order chi connectivity index (χ0) is 21.2. The fourth-order valence-corrected chi connectivity index (χ4v) is 3.45. The molecule has 1 fully saturated rings. The van der Waals surface area contributed by atoms with E-state index in [9.17, 15) is 0 Å². The Balaban J connectivity index is 0.00000341. The summed E-state index contributed by atoms with van der Waals surface area (Å²) in [6.45, 7) is 7.20. The van der Waals surface area contributed by atoms with Crippen LogP contribution in [0.25, 0.3) is 0 Å². The van der Waals surface area contributed by atoms with E-state index >= 15 is 0 Å². The van der Waals surface area contributed by atoms with E-state index < -0.39 is 0 Å². The van der Waals surface area contributed by atoms with E-state index in [0.29, 0.717) is 0 Å². The molecule has 1 N–H and O–H groups in total. The van der Waals surface area contributed by atoms with Gasteiger partial charge in [0.2, 0.25) is 0 Å². The summed E-state index contributed by atoms with van der Waals surface area (Å²) in [5.74, 6) is 1.87. The van der Waals surface area contributed by atoms with Gasteiger partial charge >= 0.3 is 0 Å². The molecule has 3 rings (SSSR count). The quantitative estimate of drug-likeness (QED) is 0.226. The number of aromatic nitrogens is 1. The van der Waals surface area contributed by atoms with Crippen LogP contribution >= 0.6 is 24.0 Å². The minimum atomic E-state index is 0. The number of hydrogen-bond donors (Lipinski definition) is 1. The lowest BCUT2D eigenvalue weighted by Gasteiger charge is -2.36. The maximum Gasteiger partial charge on any atom is 0.194 e. The standard InChI is InChI=1S/C22H34N6O2.HI/c1-23-22(28-13-11-27(12-14-28)18-20-9-16-30-25-20)24-17-19-5-7-21(8-6-19)29-15-4-10-26(2)3;/h5-9,16H,4,10-15,17-18H2,1-3H3,(H,23,24);1H. The van der Waals surface area contributed by atoms with Crippen LogP contribution in [0.5, 0.6) is 5.75 Å². The molecule has 1 aromatic carbocycles. The molecule has 1 aliphatic heterocycles. The minimum absolute atomic E-state index is 0. The van der Waals surface area contributed by atoms with Gasteiger partial charge in [0, 0.05) is 58.9 Å². The SMILES string of the molecule is CN=C(NCc1ccc(OCCCN(C)C)cc1)N1CCN(Cc2ccon2)CC1.I. The molecule has 0 amide bonds. The number of guanidine groups is 1. The van der Waals surface area contributed by atoms with E-state index in [1.165, 1.54) is 5.56 Å². The van der Waals surface area contributed by atoms with Crippen LogP contribution in [0.1, 0.15) is 17.7 Å². The van der Waals surface area contributed by atoms with Crippen LogP contribution in [0.15, 0.2) is 46.1 Å². The molecule has 172 valence electrons. The van der Waals surface area contributed by atoms with Crippen molar-refractivity contribution < 1.29 is 9.26 Å². The smallest absolute Gasteiger partial charge is 0.194 e. The summed E-state index contributed by atoms with van der Waals surface area (Å²) in [6.07, 6.45) is 2.65. The highest BCUT2D eigenvalue weighted by molar-refractivity contribution is 14.0. The predicted molar refractivity (Wildman–Crippen MR) is 134 cm³/mol. The van der Waals surface area contributed by atoms with Gasteiger partial charge in [0.25, 0.3) is 0 Å². The molecule has 0 saturated carbocycles. The third kappa shape index (κ3) is 8.66. The molecule has 0 unspecified atom stereocenters. The topological polar surface area (TPSA) is 69.4 Å². The van der Waals surface area contributed by atoms with Crippen LogP contribution < -0.4 is 10.1 Å². The van der Waals surface area contributed by atoms with E-state index in [-0.39, 0.29) is 24.0 Å². The highest BCUT2D eigenvalue weighted by Gasteiger charge is 2.20. The molecule has 1 aromatic heterocycles. The predicted octanol–water partition coefficient (Wildman–Crippen LogP) is 2.52. The third-order valence-corrected chi connectivity index (χ3v) is 5.15. The first-order valence-corrected chi connectivity index (χ1v) is 10.6. The summed E-state index contributed by atoms with van der Waals surface area (Å²) in [5, 5.41) is 7.48. The van der Waals surface area contributed by atoms with E-state index in [1.807, 2.05) is 25.2 Å². The van der Waals surface area contributed by atoms with E-state index in [1.54, 1.807) is 6.26 Å². The largest absolute Gasteiger partial charge is 0.494 e. The lowest BCUT2D eigenvalue weighted by atomic mass is 10.2.